The van der Waals surface area contributed by atoms with Gasteiger partial charge in [-0.15, -0.1) is 22.7 Å². The van der Waals surface area contributed by atoms with Gasteiger partial charge in [0.2, 0.25) is 5.91 Å². The quantitative estimate of drug-likeness (QED) is 0.747. The second-order valence-corrected chi connectivity index (χ2v) is 10.2. The number of carbonyl (C=O) groups excluding carboxylic acids is 1. The van der Waals surface area contributed by atoms with E-state index in [0.29, 0.717) is 31.8 Å². The average Bonchev–Trinajstić information content (AvgIpc) is 3.13. The van der Waals surface area contributed by atoms with Crippen LogP contribution in [0.5, 0.6) is 0 Å². The van der Waals surface area contributed by atoms with Crippen molar-refractivity contribution in [2.75, 3.05) is 31.0 Å². The third kappa shape index (κ3) is 4.47. The normalized spacial score (nSPS) is 15.6. The summed E-state index contributed by atoms with van der Waals surface area (Å²) in [4.78, 5) is 14.3. The van der Waals surface area contributed by atoms with Crippen molar-refractivity contribution in [2.24, 2.45) is 0 Å². The molecule has 3 rings (SSSR count). The zero-order valence-corrected chi connectivity index (χ0v) is 16.8. The highest BCUT2D eigenvalue weighted by molar-refractivity contribution is 7.94. The molecule has 1 aliphatic heterocycles. The lowest BCUT2D eigenvalue weighted by atomic mass is 10.3. The van der Waals surface area contributed by atoms with Crippen molar-refractivity contribution in [3.63, 3.8) is 0 Å². The van der Waals surface area contributed by atoms with Crippen molar-refractivity contribution in [3.8, 4) is 0 Å². The highest BCUT2D eigenvalue weighted by atomic mass is 35.5. The lowest BCUT2D eigenvalue weighted by Crippen LogP contribution is -2.42. The minimum atomic E-state index is -3.76. The molecule has 136 valence electrons. The second-order valence-electron chi connectivity index (χ2n) is 5.23. The number of carbonyl (C=O) groups is 1. The number of hydrogen-bond acceptors (Lipinski definition) is 6. The van der Waals surface area contributed by atoms with Gasteiger partial charge in [-0.2, -0.15) is 0 Å². The SMILES string of the molecule is O=C1COCCN1CCc1sccc1NS(=O)(=O)c1cc(Cl)c(Cl)s1. The summed E-state index contributed by atoms with van der Waals surface area (Å²) < 4.78 is 32.9. The number of anilines is 1. The average molecular weight is 441 g/mol. The van der Waals surface area contributed by atoms with Gasteiger partial charge in [0.1, 0.15) is 15.2 Å². The van der Waals surface area contributed by atoms with Crippen LogP contribution in [0.1, 0.15) is 4.88 Å². The molecule has 6 nitrogen and oxygen atoms in total. The molecule has 0 bridgehead atoms. The predicted octanol–water partition coefficient (Wildman–Crippen LogP) is 3.32. The number of nitrogens with one attached hydrogen (secondary N) is 1. The largest absolute Gasteiger partial charge is 0.370 e. The summed E-state index contributed by atoms with van der Waals surface area (Å²) in [5.74, 6) is -0.0483. The molecule has 0 aromatic carbocycles. The molecule has 0 radical (unpaired) electrons. The Hall–Kier alpha value is -0.840. The minimum Gasteiger partial charge on any atom is -0.370 e. The Bertz CT molecular complexity index is 859. The number of rotatable bonds is 6. The van der Waals surface area contributed by atoms with Crippen LogP contribution in [0, 0.1) is 0 Å². The highest BCUT2D eigenvalue weighted by Gasteiger charge is 2.22. The van der Waals surface area contributed by atoms with E-state index in [1.807, 2.05) is 5.38 Å². The van der Waals surface area contributed by atoms with E-state index in [-0.39, 0.29) is 26.1 Å². The van der Waals surface area contributed by atoms with Crippen LogP contribution in [0.2, 0.25) is 9.36 Å². The summed E-state index contributed by atoms with van der Waals surface area (Å²) in [6, 6.07) is 3.03. The molecule has 1 N–H and O–H groups in total. The maximum Gasteiger partial charge on any atom is 0.271 e. The number of ether oxygens (including phenoxy) is 1. The molecule has 0 unspecified atom stereocenters. The van der Waals surface area contributed by atoms with Gasteiger partial charge in [0, 0.05) is 24.4 Å². The van der Waals surface area contributed by atoms with Crippen LogP contribution in [-0.4, -0.2) is 45.5 Å². The molecule has 2 aromatic rings. The number of nitrogens with zero attached hydrogens (tertiary/aromatic N) is 1. The zero-order chi connectivity index (χ0) is 18.0. The van der Waals surface area contributed by atoms with Crippen LogP contribution < -0.4 is 4.72 Å². The maximum absolute atomic E-state index is 12.5. The van der Waals surface area contributed by atoms with Gasteiger partial charge in [0.25, 0.3) is 10.0 Å². The number of halogens is 2. The number of sulfonamides is 1. The number of amides is 1. The number of hydrogen-bond donors (Lipinski definition) is 1. The van der Waals surface area contributed by atoms with E-state index < -0.39 is 10.0 Å². The molecule has 0 atom stereocenters. The van der Waals surface area contributed by atoms with Crippen LogP contribution in [-0.2, 0) is 26.0 Å². The van der Waals surface area contributed by atoms with Gasteiger partial charge in [-0.3, -0.25) is 9.52 Å². The summed E-state index contributed by atoms with van der Waals surface area (Å²) in [7, 11) is -3.76. The van der Waals surface area contributed by atoms with Gasteiger partial charge in [-0.1, -0.05) is 23.2 Å². The van der Waals surface area contributed by atoms with Crippen molar-refractivity contribution < 1.29 is 17.9 Å². The highest BCUT2D eigenvalue weighted by Crippen LogP contribution is 2.35. The molecular formula is C14H14Cl2N2O4S3. The fraction of sp³-hybridized carbons (Fsp3) is 0.357. The zero-order valence-electron chi connectivity index (χ0n) is 12.8. The minimum absolute atomic E-state index is 0.0483. The lowest BCUT2D eigenvalue weighted by Gasteiger charge is -2.26. The third-order valence-corrected chi connectivity index (χ3v) is 8.25. The van der Waals surface area contributed by atoms with Crippen LogP contribution in [0.25, 0.3) is 0 Å². The molecule has 1 amide bonds. The van der Waals surface area contributed by atoms with Gasteiger partial charge in [-0.25, -0.2) is 8.42 Å². The third-order valence-electron chi connectivity index (χ3n) is 3.57. The van der Waals surface area contributed by atoms with E-state index in [1.165, 1.54) is 17.4 Å². The Labute approximate surface area is 163 Å². The van der Waals surface area contributed by atoms with Gasteiger partial charge < -0.3 is 9.64 Å². The Morgan fingerprint density at radius 1 is 1.36 bits per heavy atom. The first-order valence-corrected chi connectivity index (χ1v) is 11.2. The van der Waals surface area contributed by atoms with Gasteiger partial charge >= 0.3 is 0 Å². The van der Waals surface area contributed by atoms with Gasteiger partial charge in [0.05, 0.1) is 17.3 Å². The Morgan fingerprint density at radius 2 is 2.16 bits per heavy atom. The molecule has 0 saturated carbocycles. The van der Waals surface area contributed by atoms with E-state index >= 15 is 0 Å². The van der Waals surface area contributed by atoms with E-state index in [0.717, 1.165) is 16.2 Å². The topological polar surface area (TPSA) is 75.7 Å². The first kappa shape index (κ1) is 18.9. The summed E-state index contributed by atoms with van der Waals surface area (Å²) >= 11 is 14.0. The molecular weight excluding hydrogens is 427 g/mol. The first-order valence-electron chi connectivity index (χ1n) is 7.26. The molecule has 3 heterocycles. The summed E-state index contributed by atoms with van der Waals surface area (Å²) in [5.41, 5.74) is 0.506. The molecule has 0 aliphatic carbocycles. The van der Waals surface area contributed by atoms with Crippen LogP contribution in [0.3, 0.4) is 0 Å². The fourth-order valence-electron chi connectivity index (χ4n) is 2.30. The summed E-state index contributed by atoms with van der Waals surface area (Å²) in [5, 5.41) is 2.02. The van der Waals surface area contributed by atoms with Crippen molar-refractivity contribution in [1.82, 2.24) is 4.90 Å². The van der Waals surface area contributed by atoms with E-state index in [2.05, 4.69) is 4.72 Å². The van der Waals surface area contributed by atoms with Gasteiger partial charge in [0.15, 0.2) is 0 Å². The van der Waals surface area contributed by atoms with Crippen molar-refractivity contribution >= 4 is 67.5 Å². The molecule has 1 aliphatic rings. The molecule has 1 fully saturated rings. The molecule has 2 aromatic heterocycles. The molecule has 11 heteroatoms. The van der Waals surface area contributed by atoms with Crippen LogP contribution in [0.4, 0.5) is 5.69 Å². The smallest absolute Gasteiger partial charge is 0.271 e. The fourth-order valence-corrected chi connectivity index (χ4v) is 6.16. The number of thiophene rings is 2. The predicted molar refractivity (Wildman–Crippen MR) is 101 cm³/mol. The molecule has 25 heavy (non-hydrogen) atoms. The standard InChI is InChI=1S/C14H14Cl2N2O4S3/c15-9-7-13(24-14(9)16)25(20,21)17-10-2-6-23-11(10)1-3-18-4-5-22-8-12(18)19/h2,6-7,17H,1,3-5,8H2. The number of morpholine rings is 1. The van der Waals surface area contributed by atoms with E-state index in [1.54, 1.807) is 11.0 Å². The molecule has 0 spiro atoms. The second kappa shape index (κ2) is 7.81. The van der Waals surface area contributed by atoms with E-state index in [9.17, 15) is 13.2 Å². The molecule has 1 saturated heterocycles. The Kier molecular flexibility index (Phi) is 5.92. The van der Waals surface area contributed by atoms with E-state index in [4.69, 9.17) is 27.9 Å². The first-order chi connectivity index (χ1) is 11.9. The monoisotopic (exact) mass is 440 g/mol. The van der Waals surface area contributed by atoms with Crippen molar-refractivity contribution in [2.45, 2.75) is 10.6 Å². The van der Waals surface area contributed by atoms with Crippen LogP contribution in [0.15, 0.2) is 21.7 Å². The van der Waals surface area contributed by atoms with Crippen molar-refractivity contribution in [3.05, 3.63) is 31.7 Å². The summed E-state index contributed by atoms with van der Waals surface area (Å²) in [6.07, 6.45) is 0.563. The Morgan fingerprint density at radius 3 is 2.84 bits per heavy atom. The van der Waals surface area contributed by atoms with Gasteiger partial charge in [-0.05, 0) is 17.5 Å². The van der Waals surface area contributed by atoms with Crippen molar-refractivity contribution in [1.29, 1.82) is 0 Å². The maximum atomic E-state index is 12.5. The van der Waals surface area contributed by atoms with Crippen LogP contribution >= 0.6 is 45.9 Å². The Balaban J connectivity index is 1.70. The summed E-state index contributed by atoms with van der Waals surface area (Å²) in [6.45, 7) is 1.70. The lowest BCUT2D eigenvalue weighted by molar-refractivity contribution is -0.142.